The normalized spacial score (nSPS) is 14.2. The number of carbonyl (C=O) groups excluding carboxylic acids is 1. The number of methoxy groups -OCH3 is 1. The molecule has 0 spiro atoms. The van der Waals surface area contributed by atoms with Crippen molar-refractivity contribution in [2.45, 2.75) is 13.3 Å². The fourth-order valence-electron chi connectivity index (χ4n) is 1.61. The third-order valence-corrected chi connectivity index (χ3v) is 2.60. The Hall–Kier alpha value is -2.04. The molecule has 5 heteroatoms. The molecule has 0 aliphatic carbocycles. The van der Waals surface area contributed by atoms with E-state index in [9.17, 15) is 9.90 Å². The van der Waals surface area contributed by atoms with Crippen LogP contribution in [0.3, 0.4) is 0 Å². The van der Waals surface area contributed by atoms with Crippen LogP contribution in [-0.2, 0) is 20.8 Å². The van der Waals surface area contributed by atoms with Crippen molar-refractivity contribution in [2.75, 3.05) is 14.2 Å². The number of esters is 1. The number of rotatable bonds is 5. The number of nitrogens with zero attached hydrogens (tertiary/aromatic N) is 1. The van der Waals surface area contributed by atoms with Gasteiger partial charge >= 0.3 is 5.97 Å². The van der Waals surface area contributed by atoms with Crippen molar-refractivity contribution in [3.8, 4) is 5.75 Å². The Labute approximate surface area is 106 Å². The van der Waals surface area contributed by atoms with Crippen LogP contribution < -0.4 is 0 Å². The summed E-state index contributed by atoms with van der Waals surface area (Å²) < 4.78 is 4.77. The highest BCUT2D eigenvalue weighted by Gasteiger charge is 2.33. The number of hydrogen-bond donors (Lipinski definition) is 1. The van der Waals surface area contributed by atoms with Gasteiger partial charge in [0.05, 0.1) is 13.3 Å². The largest absolute Gasteiger partial charge is 0.508 e. The molecule has 0 aliphatic rings. The van der Waals surface area contributed by atoms with Gasteiger partial charge in [0.1, 0.15) is 18.3 Å². The van der Waals surface area contributed by atoms with Crippen molar-refractivity contribution in [1.29, 1.82) is 0 Å². The lowest BCUT2D eigenvalue weighted by Gasteiger charge is -2.21. The van der Waals surface area contributed by atoms with E-state index in [0.29, 0.717) is 6.42 Å². The summed E-state index contributed by atoms with van der Waals surface area (Å²) in [5.41, 5.74) is -0.00916. The molecule has 0 bridgehead atoms. The maximum Gasteiger partial charge on any atom is 0.317 e. The van der Waals surface area contributed by atoms with E-state index >= 15 is 0 Å². The Morgan fingerprint density at radius 2 is 2.00 bits per heavy atom. The van der Waals surface area contributed by atoms with Gasteiger partial charge in [0.15, 0.2) is 0 Å². The molecule has 0 radical (unpaired) electrons. The summed E-state index contributed by atoms with van der Waals surface area (Å²) in [7, 11) is 2.74. The summed E-state index contributed by atoms with van der Waals surface area (Å²) in [6.45, 7) is 1.72. The zero-order valence-corrected chi connectivity index (χ0v) is 10.7. The van der Waals surface area contributed by atoms with Gasteiger partial charge in [0.2, 0.25) is 0 Å². The lowest BCUT2D eigenvalue weighted by molar-refractivity contribution is -0.147. The molecule has 0 heterocycles. The minimum absolute atomic E-state index is 0.184. The standard InChI is InChI=1S/C13H17NO4/c1-13(9-14-18-3,12(16)17-2)8-10-4-6-11(15)7-5-10/h4-7,9,15H,8H2,1-3H3/b14-9-. The number of ether oxygens (including phenoxy) is 1. The summed E-state index contributed by atoms with van der Waals surface area (Å²) in [6, 6.07) is 6.63. The number of oxime groups is 1. The van der Waals surface area contributed by atoms with E-state index in [0.717, 1.165) is 5.56 Å². The topological polar surface area (TPSA) is 68.1 Å². The van der Waals surface area contributed by atoms with Gasteiger partial charge in [0.25, 0.3) is 0 Å². The Morgan fingerprint density at radius 1 is 1.39 bits per heavy atom. The first-order valence-electron chi connectivity index (χ1n) is 5.46. The molecule has 0 amide bonds. The molecule has 0 saturated heterocycles. The van der Waals surface area contributed by atoms with Crippen molar-refractivity contribution in [2.24, 2.45) is 10.6 Å². The molecular weight excluding hydrogens is 234 g/mol. The van der Waals surface area contributed by atoms with Crippen LogP contribution in [0.1, 0.15) is 12.5 Å². The zero-order valence-electron chi connectivity index (χ0n) is 10.7. The monoisotopic (exact) mass is 251 g/mol. The van der Waals surface area contributed by atoms with Crippen LogP contribution in [0, 0.1) is 5.41 Å². The SMILES string of the molecule is CO/N=C\C(C)(Cc1ccc(O)cc1)C(=O)OC. The van der Waals surface area contributed by atoms with Crippen LogP contribution in [0.4, 0.5) is 0 Å². The third-order valence-electron chi connectivity index (χ3n) is 2.60. The lowest BCUT2D eigenvalue weighted by Crippen LogP contribution is -2.33. The molecular formula is C13H17NO4. The number of aromatic hydroxyl groups is 1. The molecule has 1 rings (SSSR count). The van der Waals surface area contributed by atoms with Crippen molar-refractivity contribution < 1.29 is 19.5 Å². The Morgan fingerprint density at radius 3 is 2.50 bits per heavy atom. The molecule has 0 aliphatic heterocycles. The van der Waals surface area contributed by atoms with Gasteiger partial charge in [0, 0.05) is 0 Å². The van der Waals surface area contributed by atoms with Gasteiger partial charge < -0.3 is 14.7 Å². The van der Waals surface area contributed by atoms with Crippen molar-refractivity contribution in [3.05, 3.63) is 29.8 Å². The lowest BCUT2D eigenvalue weighted by atomic mass is 9.85. The molecule has 0 fully saturated rings. The molecule has 1 aromatic carbocycles. The van der Waals surface area contributed by atoms with Crippen LogP contribution in [0.25, 0.3) is 0 Å². The second-order valence-corrected chi connectivity index (χ2v) is 4.17. The number of hydrogen-bond acceptors (Lipinski definition) is 5. The summed E-state index contributed by atoms with van der Waals surface area (Å²) >= 11 is 0. The predicted molar refractivity (Wildman–Crippen MR) is 67.4 cm³/mol. The van der Waals surface area contributed by atoms with Gasteiger partial charge in [-0.3, -0.25) is 4.79 Å². The summed E-state index contributed by atoms with van der Waals surface area (Å²) in [5.74, 6) is -0.208. The van der Waals surface area contributed by atoms with Crippen LogP contribution >= 0.6 is 0 Å². The predicted octanol–water partition coefficient (Wildman–Crippen LogP) is 1.75. The minimum Gasteiger partial charge on any atom is -0.508 e. The van der Waals surface area contributed by atoms with Gasteiger partial charge in [-0.15, -0.1) is 0 Å². The first-order valence-corrected chi connectivity index (χ1v) is 5.46. The summed E-state index contributed by atoms with van der Waals surface area (Å²) in [6.07, 6.45) is 1.83. The van der Waals surface area contributed by atoms with E-state index in [4.69, 9.17) is 4.74 Å². The van der Waals surface area contributed by atoms with Crippen LogP contribution in [0.15, 0.2) is 29.4 Å². The molecule has 1 aromatic rings. The molecule has 0 aromatic heterocycles. The second-order valence-electron chi connectivity index (χ2n) is 4.17. The minimum atomic E-state index is -0.901. The van der Waals surface area contributed by atoms with Gasteiger partial charge in [-0.05, 0) is 31.0 Å². The van der Waals surface area contributed by atoms with Crippen molar-refractivity contribution in [3.63, 3.8) is 0 Å². The molecule has 0 saturated carbocycles. The number of carbonyl (C=O) groups is 1. The third kappa shape index (κ3) is 3.48. The smallest absolute Gasteiger partial charge is 0.317 e. The van der Waals surface area contributed by atoms with Crippen LogP contribution in [0.5, 0.6) is 5.75 Å². The highest BCUT2D eigenvalue weighted by atomic mass is 16.6. The maximum atomic E-state index is 11.8. The highest BCUT2D eigenvalue weighted by Crippen LogP contribution is 2.23. The first kappa shape index (κ1) is 14.0. The number of benzene rings is 1. The Bertz CT molecular complexity index is 427. The molecule has 5 nitrogen and oxygen atoms in total. The average molecular weight is 251 g/mol. The number of phenols is 1. The van der Waals surface area contributed by atoms with Gasteiger partial charge in [-0.1, -0.05) is 17.3 Å². The zero-order chi connectivity index (χ0) is 13.6. The van der Waals surface area contributed by atoms with Gasteiger partial charge in [-0.25, -0.2) is 0 Å². The van der Waals surface area contributed by atoms with E-state index in [2.05, 4.69) is 9.99 Å². The molecule has 18 heavy (non-hydrogen) atoms. The van der Waals surface area contributed by atoms with E-state index in [1.165, 1.54) is 20.4 Å². The fraction of sp³-hybridized carbons (Fsp3) is 0.385. The van der Waals surface area contributed by atoms with Crippen molar-refractivity contribution >= 4 is 12.2 Å². The molecule has 98 valence electrons. The van der Waals surface area contributed by atoms with Crippen molar-refractivity contribution in [1.82, 2.24) is 0 Å². The van der Waals surface area contributed by atoms with Gasteiger partial charge in [-0.2, -0.15) is 0 Å². The molecule has 1 atom stereocenters. The Kier molecular flexibility index (Phi) is 4.71. The van der Waals surface area contributed by atoms with E-state index < -0.39 is 11.4 Å². The summed E-state index contributed by atoms with van der Waals surface area (Å²) in [4.78, 5) is 16.4. The van der Waals surface area contributed by atoms with E-state index in [1.807, 2.05) is 0 Å². The first-order chi connectivity index (χ1) is 8.51. The van der Waals surface area contributed by atoms with Crippen LogP contribution in [0.2, 0.25) is 0 Å². The maximum absolute atomic E-state index is 11.8. The molecule has 1 unspecified atom stereocenters. The number of phenolic OH excluding ortho intramolecular Hbond substituents is 1. The fourth-order valence-corrected chi connectivity index (χ4v) is 1.61. The Balaban J connectivity index is 2.94. The molecule has 1 N–H and O–H groups in total. The van der Waals surface area contributed by atoms with E-state index in [1.54, 1.807) is 31.2 Å². The van der Waals surface area contributed by atoms with E-state index in [-0.39, 0.29) is 5.75 Å². The second kappa shape index (κ2) is 6.05. The summed E-state index contributed by atoms with van der Waals surface area (Å²) in [5, 5.41) is 12.9. The van der Waals surface area contributed by atoms with Crippen LogP contribution in [-0.4, -0.2) is 31.5 Å². The average Bonchev–Trinajstić information content (AvgIpc) is 2.38. The quantitative estimate of drug-likeness (QED) is 0.492. The highest BCUT2D eigenvalue weighted by molar-refractivity contribution is 5.94.